The first-order valence-electron chi connectivity index (χ1n) is 23.2. The van der Waals surface area contributed by atoms with Crippen LogP contribution in [0.15, 0.2) is 110 Å². The number of fused-ring (bicyclic) bond motifs is 6. The fourth-order valence-electron chi connectivity index (χ4n) is 9.41. The van der Waals surface area contributed by atoms with E-state index in [2.05, 4.69) is 40.8 Å². The number of benzene rings is 4. The zero-order valence-corrected chi connectivity index (χ0v) is 42.1. The molecule has 3 fully saturated rings. The number of nitrogens with zero attached hydrogens (tertiary/aromatic N) is 10. The Kier molecular flexibility index (Phi) is 15.0. The largest absolute Gasteiger partial charge is 1.00 e. The third kappa shape index (κ3) is 9.82. The molecule has 8 aromatic rings. The number of imidazole rings is 2. The number of aliphatic hydroxyl groups excluding tert-OH is 4. The van der Waals surface area contributed by atoms with E-state index in [-0.39, 0.29) is 54.4 Å². The summed E-state index contributed by atoms with van der Waals surface area (Å²) in [5.74, 6) is 3.07. The first-order chi connectivity index (χ1) is 36.5. The van der Waals surface area contributed by atoms with Crippen molar-refractivity contribution in [3.05, 3.63) is 138 Å². The topological polar surface area (TPSA) is 342 Å². The summed E-state index contributed by atoms with van der Waals surface area (Å²) in [5, 5.41) is 57.3. The van der Waals surface area contributed by atoms with Gasteiger partial charge in [-0.15, -0.1) is 5.46 Å². The van der Waals surface area contributed by atoms with Crippen LogP contribution in [-0.4, -0.2) is 128 Å². The van der Waals surface area contributed by atoms with Crippen LogP contribution in [0.4, 0.5) is 17.3 Å². The Balaban J connectivity index is 0.000000142. The second kappa shape index (κ2) is 21.8. The first kappa shape index (κ1) is 52.3. The molecule has 28 heteroatoms. The molecule has 0 radical (unpaired) electrons. The van der Waals surface area contributed by atoms with Gasteiger partial charge in [-0.05, 0) is 71.7 Å². The first-order valence-corrected chi connectivity index (χ1v) is 23.2. The van der Waals surface area contributed by atoms with Crippen LogP contribution >= 0.6 is 0 Å². The second-order valence-corrected chi connectivity index (χ2v) is 17.6. The van der Waals surface area contributed by atoms with Gasteiger partial charge in [-0.25, -0.2) is 34.7 Å². The predicted molar refractivity (Wildman–Crippen MR) is 263 cm³/mol. The van der Waals surface area contributed by atoms with Crippen molar-refractivity contribution in [1.82, 2.24) is 39.0 Å². The summed E-state index contributed by atoms with van der Waals surface area (Å²) in [6, 6.07) is 26.9. The Hall–Kier alpha value is -7.15. The van der Waals surface area contributed by atoms with E-state index in [1.165, 1.54) is 23.5 Å². The van der Waals surface area contributed by atoms with Gasteiger partial charge in [-0.3, -0.25) is 9.13 Å². The van der Waals surface area contributed by atoms with Crippen LogP contribution in [-0.2, 0) is 41.3 Å². The molecule has 76 heavy (non-hydrogen) atoms. The second-order valence-electron chi connectivity index (χ2n) is 17.6. The van der Waals surface area contributed by atoms with Gasteiger partial charge in [0.1, 0.15) is 71.1 Å². The fraction of sp³-hybridized carbons (Fsp3) is 0.250. The van der Waals surface area contributed by atoms with Crippen LogP contribution in [0.3, 0.4) is 0 Å². The van der Waals surface area contributed by atoms with Gasteiger partial charge in [-0.1, -0.05) is 29.8 Å². The van der Waals surface area contributed by atoms with Gasteiger partial charge in [0.25, 0.3) is 0 Å². The van der Waals surface area contributed by atoms with Gasteiger partial charge >= 0.3 is 43.4 Å². The third-order valence-electron chi connectivity index (χ3n) is 13.1. The van der Waals surface area contributed by atoms with E-state index < -0.39 is 69.6 Å². The van der Waals surface area contributed by atoms with Gasteiger partial charge < -0.3 is 74.5 Å². The Morgan fingerprint density at radius 2 is 1.28 bits per heavy atom. The molecule has 5 aliphatic rings. The van der Waals surface area contributed by atoms with Crippen LogP contribution in [0.25, 0.3) is 27.2 Å². The molecule has 9 heterocycles. The minimum atomic E-state index is -2.27. The number of nitrogen functional groups attached to an aromatic ring is 2. The molecular formula is C48H43B2N12NaO13. The molecule has 9 N–H and O–H groups in total. The maximum atomic E-state index is 10.0. The number of rotatable bonds is 8. The van der Waals surface area contributed by atoms with E-state index in [4.69, 9.17) is 66.0 Å². The molecule has 0 aliphatic carbocycles. The molecule has 9 atom stereocenters. The van der Waals surface area contributed by atoms with Crippen molar-refractivity contribution in [2.45, 2.75) is 62.3 Å². The summed E-state index contributed by atoms with van der Waals surface area (Å²) in [6.45, 7) is 4.62. The van der Waals surface area contributed by atoms with Crippen LogP contribution in [0.2, 0.25) is 0 Å². The molecule has 380 valence electrons. The van der Waals surface area contributed by atoms with E-state index in [0.29, 0.717) is 63.2 Å². The van der Waals surface area contributed by atoms with Crippen LogP contribution in [0.1, 0.15) is 29.1 Å². The van der Waals surface area contributed by atoms with E-state index in [0.717, 1.165) is 22.1 Å². The molecule has 0 amide bonds. The van der Waals surface area contributed by atoms with Crippen molar-refractivity contribution in [1.29, 1.82) is 5.26 Å². The number of nitrogens with two attached hydrogens (primary N) is 2. The van der Waals surface area contributed by atoms with Crippen LogP contribution in [0.5, 0.6) is 23.0 Å². The van der Waals surface area contributed by atoms with Crippen LogP contribution in [0, 0.1) is 17.9 Å². The maximum Gasteiger partial charge on any atom is 1.00 e. The van der Waals surface area contributed by atoms with Crippen molar-refractivity contribution < 1.29 is 92.6 Å². The monoisotopic (exact) mass is 1040 g/mol. The number of anilines is 2. The number of nitriles is 1. The molecule has 1 spiro atoms. The Bertz CT molecular complexity index is 3500. The molecular weight excluding hydrogens is 997 g/mol. The number of aromatic nitrogens is 8. The van der Waals surface area contributed by atoms with E-state index in [1.54, 1.807) is 71.6 Å². The summed E-state index contributed by atoms with van der Waals surface area (Å²) in [4.78, 5) is 27.8. The summed E-state index contributed by atoms with van der Waals surface area (Å²) in [7, 11) is -0.831. The van der Waals surface area contributed by atoms with Gasteiger partial charge in [0.15, 0.2) is 41.1 Å². The number of aliphatic hydroxyl groups is 4. The van der Waals surface area contributed by atoms with Crippen molar-refractivity contribution in [3.8, 4) is 29.1 Å². The molecule has 25 nitrogen and oxygen atoms in total. The van der Waals surface area contributed by atoms with Gasteiger partial charge in [0, 0.05) is 6.61 Å². The average molecular weight is 1040 g/mol. The molecule has 13 rings (SSSR count). The van der Waals surface area contributed by atoms with Gasteiger partial charge in [0.2, 0.25) is 0 Å². The zero-order valence-electron chi connectivity index (χ0n) is 40.1. The summed E-state index contributed by atoms with van der Waals surface area (Å²) < 4.78 is 50.4. The van der Waals surface area contributed by atoms with E-state index in [1.807, 2.05) is 24.3 Å². The molecule has 3 unspecified atom stereocenters. The predicted octanol–water partition coefficient (Wildman–Crippen LogP) is -1.61. The smallest absolute Gasteiger partial charge is 0.537 e. The average Bonchev–Trinajstić information content (AvgIpc) is 4.34. The maximum absolute atomic E-state index is 10.0. The van der Waals surface area contributed by atoms with Crippen molar-refractivity contribution in [3.63, 3.8) is 0 Å². The zero-order chi connectivity index (χ0) is 52.0. The standard InChI is InChI=1S/C24H20BN6O6.C14H10BNO3.C10H13N5O4.Na/c26-8-13-1-3-15(4-2-13)34-16-5-6-17-14(7-16)10-33-25(17)36-20-18(9-32)35-24(21(20)37-25)31-12-30-19-22(27)28-11-29-23(19)31;1-16-11-2-4-12(5-3-11)19-13-6-7-14-10(8-13)9-18-15(14)17;11-8-5-9(13-2-12-8)15(3-14-5)10-7(18)6(17)4(1-16)19-10;/h1-7,11-12,18,20-21,24,32H,9-10H2,(H2,27,28,29);2-8,17H,9H2;2-4,6-7,10,16-18H,1H2,(H2,11,12,13);/q-1;;;+1/t18-,20+,21?,24-,25?;;4-,6+,7?,10-;/m1.1./s1. The molecule has 5 aliphatic heterocycles. The quantitative estimate of drug-likeness (QED) is 0.0665. The third-order valence-corrected chi connectivity index (χ3v) is 13.1. The number of ether oxygens (including phenoxy) is 4. The molecule has 0 bridgehead atoms. The summed E-state index contributed by atoms with van der Waals surface area (Å²) in [6.07, 6.45) is -0.980. The van der Waals surface area contributed by atoms with E-state index in [9.17, 15) is 20.3 Å². The van der Waals surface area contributed by atoms with Gasteiger partial charge in [-0.2, -0.15) is 5.26 Å². The minimum absolute atomic E-state index is 0. The Morgan fingerprint density at radius 3 is 1.88 bits per heavy atom. The van der Waals surface area contributed by atoms with E-state index >= 15 is 0 Å². The van der Waals surface area contributed by atoms with Crippen molar-refractivity contribution in [2.75, 3.05) is 24.7 Å². The minimum Gasteiger partial charge on any atom is -0.537 e. The fourth-order valence-corrected chi connectivity index (χ4v) is 9.41. The Morgan fingerprint density at radius 1 is 0.711 bits per heavy atom. The Labute approximate surface area is 453 Å². The van der Waals surface area contributed by atoms with Crippen molar-refractivity contribution in [2.24, 2.45) is 0 Å². The number of hydrogen-bond acceptors (Lipinski definition) is 22. The molecule has 0 saturated carbocycles. The van der Waals surface area contributed by atoms with Gasteiger partial charge in [0.05, 0.1) is 62.9 Å². The summed E-state index contributed by atoms with van der Waals surface area (Å²) >= 11 is 0. The molecule has 4 aromatic heterocycles. The molecule has 3 saturated heterocycles. The van der Waals surface area contributed by atoms with Crippen LogP contribution < -0.4 is 61.4 Å². The van der Waals surface area contributed by atoms with Crippen molar-refractivity contribution >= 4 is 64.4 Å². The summed E-state index contributed by atoms with van der Waals surface area (Å²) in [5.41, 5.74) is 17.8. The normalized spacial score (nSPS) is 24.6. The number of hydrogen-bond donors (Lipinski definition) is 7. The SMILES string of the molecule is N#Cc1ccc(Oc2ccc3c(c2)CO[B-]32OC3[C@@H](O2)[C@@H](CO)O[C@H]3n2cnc3c(N)ncnc32)cc1.Nc1ncnc2c1ncn2[C@@H]1O[C@H](CO)[C@H](O)C1O.[C-]#[N+]c1ccc(Oc2ccc3c(c2)COB3O)cc1.[Na+]. The molecule has 4 aromatic carbocycles.